The number of carbonyl (C=O) groups is 1. The van der Waals surface area contributed by atoms with Crippen LogP contribution in [-0.4, -0.2) is 32.0 Å². The van der Waals surface area contributed by atoms with E-state index in [1.54, 1.807) is 0 Å². The number of alkyl halides is 2. The number of nitrogens with one attached hydrogen (secondary N) is 2. The molecule has 0 aromatic carbocycles. The van der Waals surface area contributed by atoms with E-state index in [-0.39, 0.29) is 17.4 Å². The molecule has 0 saturated carbocycles. The molecule has 0 aliphatic carbocycles. The van der Waals surface area contributed by atoms with Crippen LogP contribution in [0.25, 0.3) is 0 Å². The van der Waals surface area contributed by atoms with Gasteiger partial charge < -0.3 is 10.6 Å². The highest BCUT2D eigenvalue weighted by Crippen LogP contribution is 2.25. The molecule has 3 aromatic heterocycles. The third-order valence-corrected chi connectivity index (χ3v) is 4.41. The van der Waals surface area contributed by atoms with Crippen molar-refractivity contribution in [1.82, 2.24) is 24.8 Å². The van der Waals surface area contributed by atoms with Crippen molar-refractivity contribution < 1.29 is 18.0 Å². The van der Waals surface area contributed by atoms with Crippen molar-refractivity contribution in [3.05, 3.63) is 81.6 Å². The maximum Gasteiger partial charge on any atom is 0.306 e. The standard InChI is InChI=1S/C19H16ClF3N6O2.C2H6/c20-15-9-27-17(28-11-19(22,23)14-5-1-2-6-25-14)18(31)29(15)10-16(30)26-8-13-12(21)4-3-7-24-13;1-2/h1-7,9H,8,10-11H2,(H,26,30)(H,27,28);1-2H3. The van der Waals surface area contributed by atoms with E-state index in [9.17, 15) is 22.8 Å². The molecule has 0 aliphatic rings. The Morgan fingerprint density at radius 1 is 1.12 bits per heavy atom. The molecule has 12 heteroatoms. The number of rotatable bonds is 8. The van der Waals surface area contributed by atoms with E-state index in [1.807, 2.05) is 13.8 Å². The quantitative estimate of drug-likeness (QED) is 0.510. The second-order valence-corrected chi connectivity index (χ2v) is 6.69. The summed E-state index contributed by atoms with van der Waals surface area (Å²) in [7, 11) is 0. The van der Waals surface area contributed by atoms with Crippen LogP contribution in [-0.2, 0) is 23.8 Å². The Morgan fingerprint density at radius 3 is 2.52 bits per heavy atom. The molecule has 33 heavy (non-hydrogen) atoms. The summed E-state index contributed by atoms with van der Waals surface area (Å²) in [5, 5.41) is 4.51. The van der Waals surface area contributed by atoms with Gasteiger partial charge in [0.15, 0.2) is 5.82 Å². The molecule has 3 rings (SSSR count). The second-order valence-electron chi connectivity index (χ2n) is 6.30. The van der Waals surface area contributed by atoms with Crippen molar-refractivity contribution in [2.75, 3.05) is 11.9 Å². The number of pyridine rings is 2. The summed E-state index contributed by atoms with van der Waals surface area (Å²) in [6, 6.07) is 6.67. The normalized spacial score (nSPS) is 10.7. The Bertz CT molecular complexity index is 1130. The molecule has 0 fully saturated rings. The summed E-state index contributed by atoms with van der Waals surface area (Å²) in [5.74, 6) is -5.04. The van der Waals surface area contributed by atoms with E-state index in [4.69, 9.17) is 11.6 Å². The number of carbonyl (C=O) groups excluding carboxylic acids is 1. The maximum atomic E-state index is 14.3. The predicted octanol–water partition coefficient (Wildman–Crippen LogP) is 3.37. The first-order valence-electron chi connectivity index (χ1n) is 9.92. The summed E-state index contributed by atoms with van der Waals surface area (Å²) in [5.41, 5.74) is -1.33. The van der Waals surface area contributed by atoms with Crippen LogP contribution in [0.1, 0.15) is 25.2 Å². The van der Waals surface area contributed by atoms with E-state index in [0.29, 0.717) is 0 Å². The molecule has 8 nitrogen and oxygen atoms in total. The maximum absolute atomic E-state index is 14.3. The molecule has 0 bridgehead atoms. The van der Waals surface area contributed by atoms with Crippen molar-refractivity contribution in [1.29, 1.82) is 0 Å². The number of halogens is 4. The van der Waals surface area contributed by atoms with E-state index < -0.39 is 47.8 Å². The molecule has 0 spiro atoms. The van der Waals surface area contributed by atoms with E-state index in [1.165, 1.54) is 36.7 Å². The largest absolute Gasteiger partial charge is 0.359 e. The fourth-order valence-electron chi connectivity index (χ4n) is 2.53. The number of amides is 1. The molecule has 3 aromatic rings. The van der Waals surface area contributed by atoms with Gasteiger partial charge in [0.1, 0.15) is 23.2 Å². The summed E-state index contributed by atoms with van der Waals surface area (Å²) in [4.78, 5) is 35.8. The monoisotopic (exact) mass is 482 g/mol. The number of hydrogen-bond donors (Lipinski definition) is 2. The third kappa shape index (κ3) is 7.01. The van der Waals surface area contributed by atoms with Gasteiger partial charge in [-0.25, -0.2) is 9.37 Å². The zero-order valence-corrected chi connectivity index (χ0v) is 18.6. The van der Waals surface area contributed by atoms with Gasteiger partial charge in [0.05, 0.1) is 25.0 Å². The van der Waals surface area contributed by atoms with Crippen LogP contribution in [0.15, 0.2) is 53.7 Å². The van der Waals surface area contributed by atoms with Crippen molar-refractivity contribution in [3.63, 3.8) is 0 Å². The first-order valence-corrected chi connectivity index (χ1v) is 10.3. The van der Waals surface area contributed by atoms with E-state index in [2.05, 4.69) is 25.6 Å². The second kappa shape index (κ2) is 12.0. The molecule has 0 radical (unpaired) electrons. The van der Waals surface area contributed by atoms with Crippen molar-refractivity contribution in [3.8, 4) is 0 Å². The summed E-state index contributed by atoms with van der Waals surface area (Å²) < 4.78 is 43.0. The highest BCUT2D eigenvalue weighted by atomic mass is 35.5. The minimum Gasteiger partial charge on any atom is -0.359 e. The fourth-order valence-corrected chi connectivity index (χ4v) is 2.72. The topological polar surface area (TPSA) is 102 Å². The van der Waals surface area contributed by atoms with Crippen LogP contribution in [0.4, 0.5) is 19.0 Å². The molecule has 2 N–H and O–H groups in total. The van der Waals surface area contributed by atoms with E-state index >= 15 is 0 Å². The lowest BCUT2D eigenvalue weighted by Crippen LogP contribution is -2.35. The fraction of sp³-hybridized carbons (Fsp3) is 0.286. The molecule has 3 heterocycles. The number of aromatic nitrogens is 4. The number of hydrogen-bond acceptors (Lipinski definition) is 6. The van der Waals surface area contributed by atoms with Gasteiger partial charge in [-0.15, -0.1) is 0 Å². The van der Waals surface area contributed by atoms with Crippen molar-refractivity contribution >= 4 is 23.3 Å². The average Bonchev–Trinajstić information content (AvgIpc) is 2.82. The Hall–Kier alpha value is -3.47. The Kier molecular flexibility index (Phi) is 9.34. The van der Waals surface area contributed by atoms with Crippen LogP contribution in [0.3, 0.4) is 0 Å². The lowest BCUT2D eigenvalue weighted by Gasteiger charge is -2.17. The molecule has 1 amide bonds. The Morgan fingerprint density at radius 2 is 1.85 bits per heavy atom. The van der Waals surface area contributed by atoms with Gasteiger partial charge in [0, 0.05) is 12.4 Å². The smallest absolute Gasteiger partial charge is 0.306 e. The van der Waals surface area contributed by atoms with Crippen molar-refractivity contribution in [2.45, 2.75) is 32.9 Å². The lowest BCUT2D eigenvalue weighted by molar-refractivity contribution is -0.121. The van der Waals surface area contributed by atoms with Gasteiger partial charge in [-0.1, -0.05) is 31.5 Å². The van der Waals surface area contributed by atoms with Crippen LogP contribution in [0.2, 0.25) is 5.15 Å². The van der Waals surface area contributed by atoms with Crippen LogP contribution >= 0.6 is 11.6 Å². The van der Waals surface area contributed by atoms with Crippen molar-refractivity contribution in [2.24, 2.45) is 0 Å². The van der Waals surface area contributed by atoms with Gasteiger partial charge >= 0.3 is 5.92 Å². The summed E-state index contributed by atoms with van der Waals surface area (Å²) in [6.07, 6.45) is 3.65. The minimum absolute atomic E-state index is 0.0168. The van der Waals surface area contributed by atoms with Gasteiger partial charge in [-0.3, -0.25) is 24.1 Å². The highest BCUT2D eigenvalue weighted by Gasteiger charge is 2.33. The molecule has 0 aliphatic heterocycles. The molecule has 0 saturated heterocycles. The highest BCUT2D eigenvalue weighted by molar-refractivity contribution is 6.29. The van der Waals surface area contributed by atoms with Crippen LogP contribution < -0.4 is 16.2 Å². The third-order valence-electron chi connectivity index (χ3n) is 4.11. The van der Waals surface area contributed by atoms with Gasteiger partial charge in [-0.2, -0.15) is 8.78 Å². The molecular formula is C21H22ClF3N6O2. The first-order chi connectivity index (χ1) is 15.8. The summed E-state index contributed by atoms with van der Waals surface area (Å²) in [6.45, 7) is 2.32. The van der Waals surface area contributed by atoms with E-state index in [0.717, 1.165) is 16.8 Å². The lowest BCUT2D eigenvalue weighted by atomic mass is 10.2. The van der Waals surface area contributed by atoms with Crippen LogP contribution in [0.5, 0.6) is 0 Å². The zero-order valence-electron chi connectivity index (χ0n) is 17.9. The van der Waals surface area contributed by atoms with Gasteiger partial charge in [0.2, 0.25) is 5.91 Å². The Balaban J connectivity index is 0.00000187. The average molecular weight is 483 g/mol. The summed E-state index contributed by atoms with van der Waals surface area (Å²) >= 11 is 5.94. The first kappa shape index (κ1) is 25.8. The number of nitrogens with zero attached hydrogens (tertiary/aromatic N) is 4. The zero-order chi connectivity index (χ0) is 24.4. The van der Waals surface area contributed by atoms with Gasteiger partial charge in [0.25, 0.3) is 5.56 Å². The Labute approximate surface area is 192 Å². The molecule has 0 atom stereocenters. The molecule has 176 valence electrons. The predicted molar refractivity (Wildman–Crippen MR) is 118 cm³/mol. The number of anilines is 1. The minimum atomic E-state index is -3.37. The molecule has 0 unspecified atom stereocenters. The molecular weight excluding hydrogens is 461 g/mol. The SMILES string of the molecule is CC.O=C(Cn1c(Cl)cnc(NCC(F)(F)c2ccccn2)c1=O)NCc1ncccc1F. The van der Waals surface area contributed by atoms with Gasteiger partial charge in [-0.05, 0) is 24.3 Å². The van der Waals surface area contributed by atoms with Crippen LogP contribution in [0, 0.1) is 5.82 Å².